The Morgan fingerprint density at radius 3 is 2.70 bits per heavy atom. The van der Waals surface area contributed by atoms with Gasteiger partial charge in [-0.1, -0.05) is 0 Å². The molecule has 1 aliphatic rings. The number of hydrogen-bond donors (Lipinski definition) is 3. The maximum absolute atomic E-state index is 11.8. The number of nitrogens with one attached hydrogen (secondary N) is 3. The third-order valence-corrected chi connectivity index (χ3v) is 4.69. The van der Waals surface area contributed by atoms with Crippen LogP contribution >= 0.6 is 0 Å². The van der Waals surface area contributed by atoms with Gasteiger partial charge >= 0.3 is 0 Å². The monoisotopic (exact) mass is 307 g/mol. The van der Waals surface area contributed by atoms with E-state index in [9.17, 15) is 13.2 Å². The summed E-state index contributed by atoms with van der Waals surface area (Å²) in [7, 11) is -1.83. The lowest BCUT2D eigenvalue weighted by molar-refractivity contribution is -0.120. The third-order valence-electron chi connectivity index (χ3n) is 3.33. The number of carbonyl (C=O) groups is 1. The Balaban J connectivity index is 2.18. The summed E-state index contributed by atoms with van der Waals surface area (Å²) in [5, 5.41) is 5.81. The van der Waals surface area contributed by atoms with Gasteiger partial charge in [0.25, 0.3) is 0 Å². The van der Waals surface area contributed by atoms with Crippen LogP contribution in [0.25, 0.3) is 0 Å². The molecule has 1 fully saturated rings. The van der Waals surface area contributed by atoms with Gasteiger partial charge in [-0.15, -0.1) is 0 Å². The second-order valence-corrected chi connectivity index (χ2v) is 6.89. The summed E-state index contributed by atoms with van der Waals surface area (Å²) in [6, 6.07) is 0. The van der Waals surface area contributed by atoms with Crippen LogP contribution in [0, 0.1) is 5.92 Å². The van der Waals surface area contributed by atoms with Gasteiger partial charge in [0, 0.05) is 13.7 Å². The molecule has 0 spiro atoms. The number of piperidine rings is 1. The number of rotatable bonds is 9. The summed E-state index contributed by atoms with van der Waals surface area (Å²) < 4.78 is 30.7. The van der Waals surface area contributed by atoms with E-state index in [1.165, 1.54) is 7.11 Å². The standard InChI is InChI=1S/C12H25N3O4S/c1-19-8-7-14-12(16)10-15-20(17,18)9-4-11-2-5-13-6-3-11/h11,13,15H,2-10H2,1H3,(H,14,16). The van der Waals surface area contributed by atoms with Gasteiger partial charge < -0.3 is 15.4 Å². The van der Waals surface area contributed by atoms with Crippen molar-refractivity contribution in [3.8, 4) is 0 Å². The Bertz CT molecular complexity index is 380. The predicted molar refractivity (Wildman–Crippen MR) is 76.9 cm³/mol. The topological polar surface area (TPSA) is 96.5 Å². The van der Waals surface area contributed by atoms with Crippen molar-refractivity contribution in [3.63, 3.8) is 0 Å². The molecule has 118 valence electrons. The van der Waals surface area contributed by atoms with Gasteiger partial charge in [0.1, 0.15) is 0 Å². The van der Waals surface area contributed by atoms with E-state index in [0.717, 1.165) is 25.9 Å². The van der Waals surface area contributed by atoms with Crippen LogP contribution in [-0.2, 0) is 19.6 Å². The first-order chi connectivity index (χ1) is 9.53. The largest absolute Gasteiger partial charge is 0.383 e. The first-order valence-corrected chi connectivity index (χ1v) is 8.62. The van der Waals surface area contributed by atoms with Crippen LogP contribution in [0.3, 0.4) is 0 Å². The second kappa shape index (κ2) is 9.28. The van der Waals surface area contributed by atoms with Gasteiger partial charge in [-0.25, -0.2) is 13.1 Å². The van der Waals surface area contributed by atoms with E-state index in [2.05, 4.69) is 15.4 Å². The first-order valence-electron chi connectivity index (χ1n) is 6.97. The van der Waals surface area contributed by atoms with E-state index in [0.29, 0.717) is 25.5 Å². The van der Waals surface area contributed by atoms with Crippen molar-refractivity contribution in [3.05, 3.63) is 0 Å². The van der Waals surface area contributed by atoms with Crippen molar-refractivity contribution in [2.45, 2.75) is 19.3 Å². The average Bonchev–Trinajstić information content (AvgIpc) is 2.45. The SMILES string of the molecule is COCCNC(=O)CNS(=O)(=O)CCC1CCNCC1. The van der Waals surface area contributed by atoms with E-state index in [1.807, 2.05) is 0 Å². The molecule has 1 aliphatic heterocycles. The zero-order chi connectivity index (χ0) is 14.8. The van der Waals surface area contributed by atoms with E-state index >= 15 is 0 Å². The minimum absolute atomic E-state index is 0.0863. The smallest absolute Gasteiger partial charge is 0.235 e. The number of methoxy groups -OCH3 is 1. The fourth-order valence-corrected chi connectivity index (χ4v) is 3.23. The average molecular weight is 307 g/mol. The number of carbonyl (C=O) groups excluding carboxylic acids is 1. The third kappa shape index (κ3) is 7.78. The van der Waals surface area contributed by atoms with Gasteiger partial charge in [0.15, 0.2) is 0 Å². The Morgan fingerprint density at radius 1 is 1.35 bits per heavy atom. The van der Waals surface area contributed by atoms with Crippen LogP contribution in [0.1, 0.15) is 19.3 Å². The molecule has 20 heavy (non-hydrogen) atoms. The summed E-state index contributed by atoms with van der Waals surface area (Å²) in [6.07, 6.45) is 2.70. The number of amides is 1. The summed E-state index contributed by atoms with van der Waals surface area (Å²) in [6.45, 7) is 2.50. The molecular weight excluding hydrogens is 282 g/mol. The molecule has 1 rings (SSSR count). The predicted octanol–water partition coefficient (Wildman–Crippen LogP) is -0.942. The lowest BCUT2D eigenvalue weighted by Crippen LogP contribution is -2.39. The molecule has 8 heteroatoms. The Kier molecular flexibility index (Phi) is 8.05. The van der Waals surface area contributed by atoms with Gasteiger partial charge in [-0.3, -0.25) is 4.79 Å². The highest BCUT2D eigenvalue weighted by Gasteiger charge is 2.18. The molecule has 0 aromatic rings. The Morgan fingerprint density at radius 2 is 2.05 bits per heavy atom. The molecule has 3 N–H and O–H groups in total. The molecule has 0 aromatic carbocycles. The molecule has 0 bridgehead atoms. The number of hydrogen-bond acceptors (Lipinski definition) is 5. The normalized spacial score (nSPS) is 17.1. The minimum atomic E-state index is -3.37. The van der Waals surface area contributed by atoms with Crippen molar-refractivity contribution in [2.75, 3.05) is 45.6 Å². The lowest BCUT2D eigenvalue weighted by atomic mass is 9.96. The zero-order valence-corrected chi connectivity index (χ0v) is 12.8. The van der Waals surface area contributed by atoms with Gasteiger partial charge in [-0.05, 0) is 38.3 Å². The number of sulfonamides is 1. The van der Waals surface area contributed by atoms with Crippen molar-refractivity contribution >= 4 is 15.9 Å². The fraction of sp³-hybridized carbons (Fsp3) is 0.917. The summed E-state index contributed by atoms with van der Waals surface area (Å²) in [5.41, 5.74) is 0. The van der Waals surface area contributed by atoms with Crippen molar-refractivity contribution < 1.29 is 17.9 Å². The number of ether oxygens (including phenoxy) is 1. The highest BCUT2D eigenvalue weighted by molar-refractivity contribution is 7.89. The quantitative estimate of drug-likeness (QED) is 0.478. The summed E-state index contributed by atoms with van der Waals surface area (Å²) in [4.78, 5) is 11.4. The fourth-order valence-electron chi connectivity index (χ4n) is 2.09. The van der Waals surface area contributed by atoms with Crippen LogP contribution in [-0.4, -0.2) is 60.0 Å². The van der Waals surface area contributed by atoms with Crippen LogP contribution in [0.2, 0.25) is 0 Å². The van der Waals surface area contributed by atoms with Gasteiger partial charge in [0.05, 0.1) is 18.9 Å². The molecule has 1 heterocycles. The zero-order valence-electron chi connectivity index (χ0n) is 12.0. The van der Waals surface area contributed by atoms with Gasteiger partial charge in [-0.2, -0.15) is 0 Å². The van der Waals surface area contributed by atoms with E-state index in [-0.39, 0.29) is 18.2 Å². The van der Waals surface area contributed by atoms with E-state index < -0.39 is 10.0 Å². The van der Waals surface area contributed by atoms with Gasteiger partial charge in [0.2, 0.25) is 15.9 Å². The minimum Gasteiger partial charge on any atom is -0.383 e. The Labute approximate surface area is 120 Å². The van der Waals surface area contributed by atoms with Crippen molar-refractivity contribution in [1.29, 1.82) is 0 Å². The van der Waals surface area contributed by atoms with Crippen molar-refractivity contribution in [2.24, 2.45) is 5.92 Å². The summed E-state index contributed by atoms with van der Waals surface area (Å²) >= 11 is 0. The van der Waals surface area contributed by atoms with Crippen LogP contribution in [0.4, 0.5) is 0 Å². The molecular formula is C12H25N3O4S. The maximum atomic E-state index is 11.8. The molecule has 0 atom stereocenters. The molecule has 0 aliphatic carbocycles. The maximum Gasteiger partial charge on any atom is 0.235 e. The molecule has 0 radical (unpaired) electrons. The first kappa shape index (κ1) is 17.4. The highest BCUT2D eigenvalue weighted by atomic mass is 32.2. The van der Waals surface area contributed by atoms with E-state index in [4.69, 9.17) is 4.74 Å². The molecule has 0 aromatic heterocycles. The molecule has 0 saturated carbocycles. The Hall–Kier alpha value is -0.700. The van der Waals surface area contributed by atoms with Crippen LogP contribution in [0.5, 0.6) is 0 Å². The van der Waals surface area contributed by atoms with Crippen LogP contribution < -0.4 is 15.4 Å². The van der Waals surface area contributed by atoms with Crippen LogP contribution in [0.15, 0.2) is 0 Å². The molecule has 1 saturated heterocycles. The molecule has 0 unspecified atom stereocenters. The lowest BCUT2D eigenvalue weighted by Gasteiger charge is -2.22. The summed E-state index contributed by atoms with van der Waals surface area (Å²) in [5.74, 6) is 0.207. The second-order valence-electron chi connectivity index (χ2n) is 4.96. The van der Waals surface area contributed by atoms with E-state index in [1.54, 1.807) is 0 Å². The molecule has 1 amide bonds. The highest BCUT2D eigenvalue weighted by Crippen LogP contribution is 2.16. The molecule has 7 nitrogen and oxygen atoms in total. The van der Waals surface area contributed by atoms with Crippen molar-refractivity contribution in [1.82, 2.24) is 15.4 Å².